The smallest absolute Gasteiger partial charge is 0.421 e. The largest absolute Gasteiger partial charge is 0.481 e. The molecule has 0 fully saturated rings. The molecule has 0 aliphatic rings. The van der Waals surface area contributed by atoms with Gasteiger partial charge in [-0.1, -0.05) is 44.0 Å². The molecule has 8 heteroatoms. The Balaban J connectivity index is 5.10. The number of carboxylic acid groups (broad SMARTS) is 1. The fourth-order valence-electron chi connectivity index (χ4n) is 1.84. The van der Waals surface area contributed by atoms with Crippen molar-refractivity contribution in [3.05, 3.63) is 0 Å². The van der Waals surface area contributed by atoms with E-state index in [0.717, 1.165) is 0 Å². The number of carbonyl (C=O) groups is 1. The summed E-state index contributed by atoms with van der Waals surface area (Å²) < 4.78 is 34.8. The first-order chi connectivity index (χ1) is 8.27. The standard InChI is InChI=1S/C11H16Cl3F3O2/c1-4-6(8(18)19)9(2,3)7(12)5-10(13,14)11(15,16)17/h6-7H,4-5H2,1-3H3,(H,18,19). The molecule has 0 amide bonds. The van der Waals surface area contributed by atoms with Gasteiger partial charge in [-0.25, -0.2) is 0 Å². The Morgan fingerprint density at radius 3 is 1.95 bits per heavy atom. The van der Waals surface area contributed by atoms with Crippen molar-refractivity contribution < 1.29 is 23.1 Å². The van der Waals surface area contributed by atoms with Gasteiger partial charge in [-0.3, -0.25) is 4.79 Å². The second kappa shape index (κ2) is 6.27. The number of aliphatic carboxylic acids is 1. The number of halogens is 6. The van der Waals surface area contributed by atoms with Gasteiger partial charge in [0.1, 0.15) is 0 Å². The molecule has 0 aliphatic heterocycles. The summed E-state index contributed by atoms with van der Waals surface area (Å²) in [7, 11) is 0. The minimum Gasteiger partial charge on any atom is -0.481 e. The first-order valence-electron chi connectivity index (χ1n) is 5.58. The molecule has 0 rings (SSSR count). The fourth-order valence-corrected chi connectivity index (χ4v) is 2.69. The van der Waals surface area contributed by atoms with Gasteiger partial charge in [-0.15, -0.1) is 11.6 Å². The lowest BCUT2D eigenvalue weighted by Crippen LogP contribution is -2.44. The Hall–Kier alpha value is 0.130. The normalized spacial score (nSPS) is 17.1. The van der Waals surface area contributed by atoms with Crippen LogP contribution in [0.2, 0.25) is 0 Å². The lowest BCUT2D eigenvalue weighted by molar-refractivity contribution is -0.148. The zero-order valence-corrected chi connectivity index (χ0v) is 13.0. The Bertz CT molecular complexity index is 330. The highest BCUT2D eigenvalue weighted by molar-refractivity contribution is 6.49. The monoisotopic (exact) mass is 342 g/mol. The number of rotatable bonds is 6. The molecule has 0 aromatic carbocycles. The maximum atomic E-state index is 12.6. The topological polar surface area (TPSA) is 37.3 Å². The van der Waals surface area contributed by atoms with Crippen molar-refractivity contribution >= 4 is 40.8 Å². The molecule has 0 saturated heterocycles. The predicted molar refractivity (Wildman–Crippen MR) is 69.9 cm³/mol. The molecule has 0 saturated carbocycles. The quantitative estimate of drug-likeness (QED) is 0.699. The summed E-state index contributed by atoms with van der Waals surface area (Å²) in [5.41, 5.74) is -1.08. The Labute approximate surface area is 125 Å². The molecule has 0 aromatic rings. The number of hydrogen-bond acceptors (Lipinski definition) is 1. The van der Waals surface area contributed by atoms with Gasteiger partial charge in [-0.05, 0) is 11.8 Å². The molecule has 0 radical (unpaired) electrons. The molecule has 114 valence electrons. The molecular weight excluding hydrogens is 327 g/mol. The van der Waals surface area contributed by atoms with Crippen molar-refractivity contribution in [1.29, 1.82) is 0 Å². The van der Waals surface area contributed by atoms with Crippen molar-refractivity contribution in [2.45, 2.75) is 49.5 Å². The van der Waals surface area contributed by atoms with Crippen LogP contribution in [-0.4, -0.2) is 27.0 Å². The van der Waals surface area contributed by atoms with Crippen LogP contribution in [-0.2, 0) is 4.79 Å². The Morgan fingerprint density at radius 1 is 1.26 bits per heavy atom. The molecule has 0 spiro atoms. The lowest BCUT2D eigenvalue weighted by Gasteiger charge is -2.38. The van der Waals surface area contributed by atoms with E-state index in [-0.39, 0.29) is 6.42 Å². The van der Waals surface area contributed by atoms with Crippen molar-refractivity contribution in [2.75, 3.05) is 0 Å². The minimum absolute atomic E-state index is 0.245. The van der Waals surface area contributed by atoms with Crippen LogP contribution in [0.1, 0.15) is 33.6 Å². The van der Waals surface area contributed by atoms with Gasteiger partial charge in [0.25, 0.3) is 0 Å². The Kier molecular flexibility index (Phi) is 6.31. The summed E-state index contributed by atoms with van der Waals surface area (Å²) in [5, 5.41) is 7.94. The van der Waals surface area contributed by atoms with E-state index >= 15 is 0 Å². The number of hydrogen-bond donors (Lipinski definition) is 1. The lowest BCUT2D eigenvalue weighted by atomic mass is 9.73. The molecule has 1 N–H and O–H groups in total. The highest BCUT2D eigenvalue weighted by atomic mass is 35.5. The predicted octanol–water partition coefficient (Wildman–Crippen LogP) is 4.86. The average Bonchev–Trinajstić information content (AvgIpc) is 2.14. The van der Waals surface area contributed by atoms with Gasteiger partial charge < -0.3 is 5.11 Å². The summed E-state index contributed by atoms with van der Waals surface area (Å²) >= 11 is 16.4. The summed E-state index contributed by atoms with van der Waals surface area (Å²) in [6.45, 7) is 4.61. The molecule has 0 aromatic heterocycles. The summed E-state index contributed by atoms with van der Waals surface area (Å²) in [6, 6.07) is 0. The van der Waals surface area contributed by atoms with Crippen LogP contribution in [0.25, 0.3) is 0 Å². The Morgan fingerprint density at radius 2 is 1.68 bits per heavy atom. The van der Waals surface area contributed by atoms with Crippen LogP contribution in [0.5, 0.6) is 0 Å². The van der Waals surface area contributed by atoms with E-state index in [0.29, 0.717) is 0 Å². The molecule has 2 unspecified atom stereocenters. The van der Waals surface area contributed by atoms with Crippen molar-refractivity contribution in [3.8, 4) is 0 Å². The summed E-state index contributed by atoms with van der Waals surface area (Å²) in [4.78, 5) is 11.1. The molecule has 2 atom stereocenters. The van der Waals surface area contributed by atoms with Crippen molar-refractivity contribution in [2.24, 2.45) is 11.3 Å². The molecule has 19 heavy (non-hydrogen) atoms. The van der Waals surface area contributed by atoms with E-state index in [1.54, 1.807) is 6.92 Å². The third-order valence-electron chi connectivity index (χ3n) is 3.26. The molecule has 0 heterocycles. The van der Waals surface area contributed by atoms with Gasteiger partial charge in [-0.2, -0.15) is 13.2 Å². The van der Waals surface area contributed by atoms with Gasteiger partial charge in [0.05, 0.1) is 5.92 Å². The third-order valence-corrected chi connectivity index (χ3v) is 4.72. The summed E-state index contributed by atoms with van der Waals surface area (Å²) in [5.74, 6) is -1.99. The zero-order valence-electron chi connectivity index (χ0n) is 10.7. The average molecular weight is 344 g/mol. The highest BCUT2D eigenvalue weighted by Crippen LogP contribution is 2.48. The van der Waals surface area contributed by atoms with Crippen LogP contribution in [0.4, 0.5) is 13.2 Å². The van der Waals surface area contributed by atoms with Crippen LogP contribution < -0.4 is 0 Å². The second-order valence-corrected chi connectivity index (χ2v) is 7.01. The van der Waals surface area contributed by atoms with Gasteiger partial charge in [0, 0.05) is 11.8 Å². The van der Waals surface area contributed by atoms with E-state index in [1.807, 2.05) is 0 Å². The summed E-state index contributed by atoms with van der Waals surface area (Å²) in [6.07, 6.45) is -5.36. The number of carboxylic acids is 1. The maximum Gasteiger partial charge on any atom is 0.421 e. The third kappa shape index (κ3) is 4.57. The van der Waals surface area contributed by atoms with Gasteiger partial charge in [0.15, 0.2) is 0 Å². The van der Waals surface area contributed by atoms with Gasteiger partial charge in [0.2, 0.25) is 4.33 Å². The molecular formula is C11H16Cl3F3O2. The molecule has 2 nitrogen and oxygen atoms in total. The zero-order chi connectivity index (χ0) is 15.6. The maximum absolute atomic E-state index is 12.6. The molecule has 0 aliphatic carbocycles. The van der Waals surface area contributed by atoms with E-state index in [1.165, 1.54) is 13.8 Å². The van der Waals surface area contributed by atoms with E-state index < -0.39 is 39.6 Å². The number of alkyl halides is 6. The van der Waals surface area contributed by atoms with Crippen molar-refractivity contribution in [1.82, 2.24) is 0 Å². The van der Waals surface area contributed by atoms with Crippen LogP contribution in [0, 0.1) is 11.3 Å². The SMILES string of the molecule is CCC(C(=O)O)C(C)(C)C(Cl)CC(Cl)(Cl)C(F)(F)F. The van der Waals surface area contributed by atoms with Gasteiger partial charge >= 0.3 is 12.1 Å². The van der Waals surface area contributed by atoms with Crippen LogP contribution >= 0.6 is 34.8 Å². The minimum atomic E-state index is -4.83. The van der Waals surface area contributed by atoms with Crippen LogP contribution in [0.3, 0.4) is 0 Å². The second-order valence-electron chi connectivity index (χ2n) is 4.99. The molecule has 0 bridgehead atoms. The first kappa shape index (κ1) is 19.1. The van der Waals surface area contributed by atoms with E-state index in [9.17, 15) is 18.0 Å². The van der Waals surface area contributed by atoms with E-state index in [2.05, 4.69) is 0 Å². The van der Waals surface area contributed by atoms with Crippen LogP contribution in [0.15, 0.2) is 0 Å². The fraction of sp³-hybridized carbons (Fsp3) is 0.909. The van der Waals surface area contributed by atoms with Crippen molar-refractivity contribution in [3.63, 3.8) is 0 Å². The first-order valence-corrected chi connectivity index (χ1v) is 6.78. The highest BCUT2D eigenvalue weighted by Gasteiger charge is 2.55. The van der Waals surface area contributed by atoms with E-state index in [4.69, 9.17) is 39.9 Å².